The monoisotopic (exact) mass is 453 g/mol. The summed E-state index contributed by atoms with van der Waals surface area (Å²) in [6, 6.07) is 0. The second-order valence-electron chi connectivity index (χ2n) is 8.87. The number of carbonyl (C=O) groups excluding carboxylic acids is 2. The molecule has 0 amide bonds. The van der Waals surface area contributed by atoms with Gasteiger partial charge >= 0.3 is 51.4 Å². The minimum absolute atomic E-state index is 0. The molecule has 0 aromatic rings. The predicted molar refractivity (Wildman–Crippen MR) is 117 cm³/mol. The van der Waals surface area contributed by atoms with Crippen molar-refractivity contribution in [2.24, 2.45) is 0 Å². The number of quaternary nitrogens is 1. The van der Waals surface area contributed by atoms with E-state index in [9.17, 15) is 19.8 Å². The van der Waals surface area contributed by atoms with E-state index in [1.54, 1.807) is 0 Å². The van der Waals surface area contributed by atoms with Gasteiger partial charge in [0.2, 0.25) is 0 Å². The van der Waals surface area contributed by atoms with E-state index >= 15 is 0 Å². The summed E-state index contributed by atoms with van der Waals surface area (Å²) >= 11 is 0. The Bertz CT molecular complexity index is 355. The first-order valence-electron chi connectivity index (χ1n) is 12.0. The summed E-state index contributed by atoms with van der Waals surface area (Å²) in [5, 5.41) is 19.5. The van der Waals surface area contributed by atoms with Gasteiger partial charge < -0.3 is 24.3 Å². The third-order valence-corrected chi connectivity index (χ3v) is 5.25. The Labute approximate surface area is 229 Å². The van der Waals surface area contributed by atoms with E-state index in [1.165, 1.54) is 94.6 Å². The van der Waals surface area contributed by atoms with E-state index in [2.05, 4.69) is 27.9 Å². The van der Waals surface area contributed by atoms with Gasteiger partial charge in [-0.3, -0.25) is 0 Å². The maximum absolute atomic E-state index is 9.77. The average molecular weight is 454 g/mol. The van der Waals surface area contributed by atoms with Gasteiger partial charge in [0.05, 0.1) is 27.2 Å². The molecule has 0 saturated heterocycles. The third-order valence-electron chi connectivity index (χ3n) is 5.25. The minimum Gasteiger partial charge on any atom is -0.550 e. The minimum atomic E-state index is -1.14. The van der Waals surface area contributed by atoms with Gasteiger partial charge in [-0.15, -0.1) is 0 Å². The van der Waals surface area contributed by atoms with Crippen LogP contribution in [0.2, 0.25) is 0 Å². The largest absolute Gasteiger partial charge is 1.00 e. The van der Waals surface area contributed by atoms with E-state index in [0.717, 1.165) is 0 Å². The molecular formula is C24H48KNO4. The standard InChI is InChI=1S/C18H40N.C6H10O4.K/c1-5-7-9-11-13-15-17-19(3,4)18-16-14-12-10-8-6-2;7-5(8)3-1-2-4-6(9)10;/h5-18H2,1-4H3;1-4H2,(H,7,8)(H,9,10);/q+1;;+1/p-2. The molecule has 0 aromatic heterocycles. The first-order chi connectivity index (χ1) is 13.7. The molecule has 0 fully saturated rings. The second-order valence-corrected chi connectivity index (χ2v) is 8.87. The van der Waals surface area contributed by atoms with Gasteiger partial charge in [0.1, 0.15) is 0 Å². The summed E-state index contributed by atoms with van der Waals surface area (Å²) in [7, 11) is 4.83. The van der Waals surface area contributed by atoms with Crippen molar-refractivity contribution in [3.63, 3.8) is 0 Å². The van der Waals surface area contributed by atoms with Crippen LogP contribution >= 0.6 is 0 Å². The van der Waals surface area contributed by atoms with Crippen molar-refractivity contribution < 1.29 is 75.7 Å². The van der Waals surface area contributed by atoms with Crippen LogP contribution in [-0.2, 0) is 9.59 Å². The zero-order valence-electron chi connectivity index (χ0n) is 20.8. The Morgan fingerprint density at radius 1 is 0.567 bits per heavy atom. The Morgan fingerprint density at radius 3 is 1.17 bits per heavy atom. The number of rotatable bonds is 19. The summed E-state index contributed by atoms with van der Waals surface area (Å²) < 4.78 is 1.24. The Kier molecular flexibility index (Phi) is 30.2. The van der Waals surface area contributed by atoms with E-state index in [0.29, 0.717) is 12.8 Å². The fourth-order valence-corrected chi connectivity index (χ4v) is 3.29. The summed E-state index contributed by atoms with van der Waals surface area (Å²) in [4.78, 5) is 19.5. The quantitative estimate of drug-likeness (QED) is 0.165. The van der Waals surface area contributed by atoms with Gasteiger partial charge in [0, 0.05) is 11.9 Å². The molecule has 0 rings (SSSR count). The molecule has 0 aromatic carbocycles. The third kappa shape index (κ3) is 33.2. The fraction of sp³-hybridized carbons (Fsp3) is 0.917. The van der Waals surface area contributed by atoms with Gasteiger partial charge in [-0.1, -0.05) is 65.2 Å². The topological polar surface area (TPSA) is 80.3 Å². The molecule has 5 nitrogen and oxygen atoms in total. The van der Waals surface area contributed by atoms with Gasteiger partial charge in [0.25, 0.3) is 0 Å². The number of aliphatic carboxylic acids is 2. The first-order valence-corrected chi connectivity index (χ1v) is 12.0. The summed E-state index contributed by atoms with van der Waals surface area (Å²) in [6.07, 6.45) is 17.6. The van der Waals surface area contributed by atoms with Crippen LogP contribution in [-0.4, -0.2) is 43.6 Å². The zero-order chi connectivity index (χ0) is 22.4. The Morgan fingerprint density at radius 2 is 0.867 bits per heavy atom. The second kappa shape index (κ2) is 25.8. The van der Waals surface area contributed by atoms with E-state index in [-0.39, 0.29) is 64.2 Å². The number of hydrogen-bond acceptors (Lipinski definition) is 4. The van der Waals surface area contributed by atoms with Crippen molar-refractivity contribution in [1.29, 1.82) is 0 Å². The zero-order valence-corrected chi connectivity index (χ0v) is 23.9. The normalized spacial score (nSPS) is 10.7. The van der Waals surface area contributed by atoms with Gasteiger partial charge in [-0.25, -0.2) is 0 Å². The van der Waals surface area contributed by atoms with Crippen LogP contribution in [0.1, 0.15) is 117 Å². The molecule has 0 aliphatic heterocycles. The number of nitrogens with zero attached hydrogens (tertiary/aromatic N) is 1. The van der Waals surface area contributed by atoms with Crippen LogP contribution in [0.3, 0.4) is 0 Å². The molecule has 0 N–H and O–H groups in total. The molecule has 0 unspecified atom stereocenters. The van der Waals surface area contributed by atoms with Crippen LogP contribution in [0.5, 0.6) is 0 Å². The summed E-state index contributed by atoms with van der Waals surface area (Å²) in [5.74, 6) is -2.28. The Hall–Kier alpha value is 0.536. The SMILES string of the molecule is CCCCCCCC[N+](C)(C)CCCCCCCC.O=C([O-])CCCCC(=O)[O-].[K+]. The van der Waals surface area contributed by atoms with Crippen molar-refractivity contribution in [1.82, 2.24) is 0 Å². The summed E-state index contributed by atoms with van der Waals surface area (Å²) in [6.45, 7) is 7.34. The van der Waals surface area contributed by atoms with Gasteiger partial charge in [-0.2, -0.15) is 0 Å². The Balaban J connectivity index is -0.000000563. The van der Waals surface area contributed by atoms with Crippen molar-refractivity contribution >= 4 is 11.9 Å². The predicted octanol–water partition coefficient (Wildman–Crippen LogP) is 0.834. The van der Waals surface area contributed by atoms with Crippen LogP contribution in [0.25, 0.3) is 0 Å². The molecule has 0 heterocycles. The van der Waals surface area contributed by atoms with Crippen LogP contribution in [0, 0.1) is 0 Å². The van der Waals surface area contributed by atoms with Crippen molar-refractivity contribution in [3.8, 4) is 0 Å². The van der Waals surface area contributed by atoms with Crippen molar-refractivity contribution in [3.05, 3.63) is 0 Å². The molecule has 174 valence electrons. The number of carboxylic acids is 2. The van der Waals surface area contributed by atoms with Gasteiger partial charge in [0.15, 0.2) is 0 Å². The average Bonchev–Trinajstić information content (AvgIpc) is 2.65. The van der Waals surface area contributed by atoms with Crippen molar-refractivity contribution in [2.75, 3.05) is 27.2 Å². The molecule has 0 bridgehead atoms. The fourth-order valence-electron chi connectivity index (χ4n) is 3.29. The van der Waals surface area contributed by atoms with Crippen LogP contribution in [0.4, 0.5) is 0 Å². The smallest absolute Gasteiger partial charge is 0.550 e. The van der Waals surface area contributed by atoms with E-state index in [1.807, 2.05) is 0 Å². The molecule has 0 atom stereocenters. The molecule has 0 aliphatic rings. The number of carboxylic acid groups (broad SMARTS) is 2. The van der Waals surface area contributed by atoms with Crippen LogP contribution in [0.15, 0.2) is 0 Å². The van der Waals surface area contributed by atoms with E-state index < -0.39 is 11.9 Å². The molecule has 0 spiro atoms. The molecule has 6 heteroatoms. The number of carbonyl (C=O) groups is 2. The molecule has 30 heavy (non-hydrogen) atoms. The molecule has 0 aliphatic carbocycles. The molecule has 0 radical (unpaired) electrons. The maximum atomic E-state index is 9.77. The molecular weight excluding hydrogens is 405 g/mol. The first kappa shape index (κ1) is 35.1. The van der Waals surface area contributed by atoms with Crippen molar-refractivity contribution in [2.45, 2.75) is 117 Å². The summed E-state index contributed by atoms with van der Waals surface area (Å²) in [5.41, 5.74) is 0. The molecule has 0 saturated carbocycles. The number of unbranched alkanes of at least 4 members (excludes halogenated alkanes) is 11. The van der Waals surface area contributed by atoms with Gasteiger partial charge in [-0.05, 0) is 51.4 Å². The van der Waals surface area contributed by atoms with Crippen LogP contribution < -0.4 is 61.6 Å². The number of hydrogen-bond donors (Lipinski definition) is 0. The van der Waals surface area contributed by atoms with E-state index in [4.69, 9.17) is 0 Å². The maximum Gasteiger partial charge on any atom is 1.00 e.